The minimum atomic E-state index is -0.0684. The van der Waals surface area contributed by atoms with Crippen LogP contribution in [0.2, 0.25) is 0 Å². The number of amides is 1. The van der Waals surface area contributed by atoms with Crippen molar-refractivity contribution in [3.63, 3.8) is 0 Å². The van der Waals surface area contributed by atoms with Gasteiger partial charge < -0.3 is 19.4 Å². The fraction of sp³-hybridized carbons (Fsp3) is 0.526. The molecule has 0 unspecified atom stereocenters. The minimum Gasteiger partial charge on any atom is -0.472 e. The molecule has 1 N–H and O–H groups in total. The predicted octanol–water partition coefficient (Wildman–Crippen LogP) is 2.87. The van der Waals surface area contributed by atoms with Gasteiger partial charge in [0.15, 0.2) is 5.82 Å². The molecule has 0 bridgehead atoms. The average molecular weight is 358 g/mol. The Labute approximate surface area is 153 Å². The number of carbonyl (C=O) groups excluding carboxylic acids is 1. The Balaban J connectivity index is 1.60. The van der Waals surface area contributed by atoms with Crippen molar-refractivity contribution in [2.24, 2.45) is 0 Å². The van der Waals surface area contributed by atoms with Gasteiger partial charge >= 0.3 is 0 Å². The van der Waals surface area contributed by atoms with E-state index >= 15 is 0 Å². The highest BCUT2D eigenvalue weighted by Gasteiger charge is 2.25. The van der Waals surface area contributed by atoms with Crippen molar-refractivity contribution in [3.05, 3.63) is 35.5 Å². The van der Waals surface area contributed by atoms with E-state index in [2.05, 4.69) is 20.2 Å². The van der Waals surface area contributed by atoms with Crippen molar-refractivity contribution >= 4 is 11.7 Å². The van der Waals surface area contributed by atoms with Crippen LogP contribution in [-0.2, 0) is 0 Å². The zero-order chi connectivity index (χ0) is 18.7. The topological polar surface area (TPSA) is 80.5 Å². The van der Waals surface area contributed by atoms with Crippen LogP contribution in [0, 0.1) is 13.8 Å². The van der Waals surface area contributed by atoms with E-state index in [9.17, 15) is 4.79 Å². The van der Waals surface area contributed by atoms with Crippen LogP contribution >= 0.6 is 0 Å². The zero-order valence-electron chi connectivity index (χ0n) is 15.8. The van der Waals surface area contributed by atoms with Crippen molar-refractivity contribution in [2.75, 3.05) is 18.0 Å². The van der Waals surface area contributed by atoms with E-state index in [0.717, 1.165) is 37.5 Å². The highest BCUT2D eigenvalue weighted by Crippen LogP contribution is 2.26. The average Bonchev–Trinajstić information content (AvgIpc) is 2.94. The van der Waals surface area contributed by atoms with E-state index in [0.29, 0.717) is 17.2 Å². The molecule has 2 aromatic heterocycles. The summed E-state index contributed by atoms with van der Waals surface area (Å²) in [6.45, 7) is 9.19. The Kier molecular flexibility index (Phi) is 5.44. The number of aromatic nitrogens is 2. The van der Waals surface area contributed by atoms with Gasteiger partial charge in [0.2, 0.25) is 0 Å². The molecule has 0 radical (unpaired) electrons. The van der Waals surface area contributed by atoms with Crippen molar-refractivity contribution < 1.29 is 13.9 Å². The fourth-order valence-electron chi connectivity index (χ4n) is 3.20. The number of rotatable bonds is 5. The summed E-state index contributed by atoms with van der Waals surface area (Å²) >= 11 is 0. The molecule has 0 spiro atoms. The van der Waals surface area contributed by atoms with Gasteiger partial charge in [-0.15, -0.1) is 0 Å². The smallest absolute Gasteiger partial charge is 0.257 e. The standard InChI is InChI=1S/C19H26N4O3/c1-12(2)25-19-17(20-7-8-21-19)23-9-5-15(6-10-23)22-18(24)16-11-13(3)26-14(16)4/h7-8,11-12,15H,5-6,9-10H2,1-4H3,(H,22,24). The van der Waals surface area contributed by atoms with Gasteiger partial charge in [0.05, 0.1) is 11.7 Å². The predicted molar refractivity (Wildman–Crippen MR) is 98.7 cm³/mol. The normalized spacial score (nSPS) is 15.3. The molecule has 0 aliphatic carbocycles. The summed E-state index contributed by atoms with van der Waals surface area (Å²) in [6, 6.07) is 1.93. The maximum Gasteiger partial charge on any atom is 0.257 e. The molecule has 3 heterocycles. The summed E-state index contributed by atoms with van der Waals surface area (Å²) in [5.74, 6) is 2.68. The second kappa shape index (κ2) is 7.76. The van der Waals surface area contributed by atoms with Crippen molar-refractivity contribution in [1.82, 2.24) is 15.3 Å². The molecule has 140 valence electrons. The molecule has 3 rings (SSSR count). The molecule has 26 heavy (non-hydrogen) atoms. The number of ether oxygens (including phenoxy) is 1. The summed E-state index contributed by atoms with van der Waals surface area (Å²) in [5, 5.41) is 3.12. The summed E-state index contributed by atoms with van der Waals surface area (Å²) in [6.07, 6.45) is 5.06. The third kappa shape index (κ3) is 4.15. The van der Waals surface area contributed by atoms with E-state index in [1.807, 2.05) is 27.7 Å². The van der Waals surface area contributed by atoms with Crippen LogP contribution in [-0.4, -0.2) is 41.1 Å². The maximum atomic E-state index is 12.4. The largest absolute Gasteiger partial charge is 0.472 e. The number of anilines is 1. The third-order valence-corrected chi connectivity index (χ3v) is 4.41. The molecule has 1 aliphatic rings. The van der Waals surface area contributed by atoms with Crippen LogP contribution in [0.5, 0.6) is 5.88 Å². The first-order valence-corrected chi connectivity index (χ1v) is 9.04. The van der Waals surface area contributed by atoms with E-state index in [4.69, 9.17) is 9.15 Å². The van der Waals surface area contributed by atoms with Crippen LogP contribution in [0.1, 0.15) is 48.6 Å². The van der Waals surface area contributed by atoms with Crippen LogP contribution in [0.4, 0.5) is 5.82 Å². The lowest BCUT2D eigenvalue weighted by atomic mass is 10.0. The van der Waals surface area contributed by atoms with Gasteiger partial charge in [0.1, 0.15) is 11.5 Å². The van der Waals surface area contributed by atoms with E-state index in [-0.39, 0.29) is 18.1 Å². The molecular weight excluding hydrogens is 332 g/mol. The molecule has 0 saturated carbocycles. The second-order valence-electron chi connectivity index (χ2n) is 6.91. The zero-order valence-corrected chi connectivity index (χ0v) is 15.8. The number of carbonyl (C=O) groups is 1. The van der Waals surface area contributed by atoms with E-state index in [1.165, 1.54) is 0 Å². The van der Waals surface area contributed by atoms with Crippen LogP contribution in [0.25, 0.3) is 0 Å². The molecule has 1 fully saturated rings. The lowest BCUT2D eigenvalue weighted by molar-refractivity contribution is 0.0929. The molecule has 1 saturated heterocycles. The maximum absolute atomic E-state index is 12.4. The van der Waals surface area contributed by atoms with Crippen LogP contribution < -0.4 is 15.0 Å². The fourth-order valence-corrected chi connectivity index (χ4v) is 3.20. The first-order valence-electron chi connectivity index (χ1n) is 9.04. The quantitative estimate of drug-likeness (QED) is 0.885. The minimum absolute atomic E-state index is 0.0453. The van der Waals surface area contributed by atoms with Gasteiger partial charge in [-0.2, -0.15) is 0 Å². The van der Waals surface area contributed by atoms with E-state index in [1.54, 1.807) is 18.5 Å². The van der Waals surface area contributed by atoms with Gasteiger partial charge in [0.25, 0.3) is 11.8 Å². The Morgan fingerprint density at radius 1 is 1.27 bits per heavy atom. The molecular formula is C19H26N4O3. The third-order valence-electron chi connectivity index (χ3n) is 4.41. The van der Waals surface area contributed by atoms with Crippen LogP contribution in [0.15, 0.2) is 22.9 Å². The summed E-state index contributed by atoms with van der Waals surface area (Å²) in [4.78, 5) is 23.4. The van der Waals surface area contributed by atoms with Crippen molar-refractivity contribution in [1.29, 1.82) is 0 Å². The van der Waals surface area contributed by atoms with Gasteiger partial charge in [-0.3, -0.25) is 4.79 Å². The number of aryl methyl sites for hydroxylation is 2. The van der Waals surface area contributed by atoms with E-state index < -0.39 is 0 Å². The summed E-state index contributed by atoms with van der Waals surface area (Å²) in [5.41, 5.74) is 0.617. The number of furan rings is 1. The Hall–Kier alpha value is -2.57. The number of hydrogen-bond donors (Lipinski definition) is 1. The molecule has 1 amide bonds. The number of hydrogen-bond acceptors (Lipinski definition) is 6. The molecule has 0 atom stereocenters. The van der Waals surface area contributed by atoms with Gasteiger partial charge in [-0.05, 0) is 46.6 Å². The van der Waals surface area contributed by atoms with Crippen LogP contribution in [0.3, 0.4) is 0 Å². The van der Waals surface area contributed by atoms with Gasteiger partial charge in [-0.1, -0.05) is 0 Å². The van der Waals surface area contributed by atoms with Crippen molar-refractivity contribution in [2.45, 2.75) is 52.7 Å². The van der Waals surface area contributed by atoms with Gasteiger partial charge in [0, 0.05) is 31.5 Å². The Morgan fingerprint density at radius 2 is 1.96 bits per heavy atom. The highest BCUT2D eigenvalue weighted by atomic mass is 16.5. The Morgan fingerprint density at radius 3 is 2.58 bits per heavy atom. The van der Waals surface area contributed by atoms with Crippen molar-refractivity contribution in [3.8, 4) is 5.88 Å². The van der Waals surface area contributed by atoms with Gasteiger partial charge in [-0.25, -0.2) is 9.97 Å². The monoisotopic (exact) mass is 358 g/mol. The first kappa shape index (κ1) is 18.2. The second-order valence-corrected chi connectivity index (χ2v) is 6.91. The lowest BCUT2D eigenvalue weighted by Crippen LogP contribution is -2.45. The Bertz CT molecular complexity index is 764. The molecule has 1 aliphatic heterocycles. The molecule has 7 nitrogen and oxygen atoms in total. The first-order chi connectivity index (χ1) is 12.4. The number of nitrogens with one attached hydrogen (secondary N) is 1. The molecule has 0 aromatic carbocycles. The SMILES string of the molecule is Cc1cc(C(=O)NC2CCN(c3nccnc3OC(C)C)CC2)c(C)o1. The summed E-state index contributed by atoms with van der Waals surface area (Å²) < 4.78 is 11.2. The number of piperidine rings is 1. The molecule has 2 aromatic rings. The number of nitrogens with zero attached hydrogens (tertiary/aromatic N) is 3. The molecule has 7 heteroatoms. The lowest BCUT2D eigenvalue weighted by Gasteiger charge is -2.33. The summed E-state index contributed by atoms with van der Waals surface area (Å²) in [7, 11) is 0. The highest BCUT2D eigenvalue weighted by molar-refractivity contribution is 5.95.